The van der Waals surface area contributed by atoms with Gasteiger partial charge in [-0.05, 0) is 12.8 Å². The van der Waals surface area contributed by atoms with Crippen LogP contribution in [0, 0.1) is 5.92 Å². The van der Waals surface area contributed by atoms with Gasteiger partial charge in [-0.25, -0.2) is 0 Å². The second-order valence-electron chi connectivity index (χ2n) is 2.51. The van der Waals surface area contributed by atoms with Gasteiger partial charge in [-0.2, -0.15) is 0 Å². The number of carbonyl (C=O) groups excluding carboxylic acids is 1. The van der Waals surface area contributed by atoms with Crippen LogP contribution in [0.3, 0.4) is 0 Å². The van der Waals surface area contributed by atoms with Crippen molar-refractivity contribution in [3.8, 4) is 0 Å². The highest BCUT2D eigenvalue weighted by Gasteiger charge is 2.03. The molecule has 1 atom stereocenters. The summed E-state index contributed by atoms with van der Waals surface area (Å²) >= 11 is 0. The molecule has 0 aliphatic rings. The summed E-state index contributed by atoms with van der Waals surface area (Å²) in [4.78, 5) is 10.5. The summed E-state index contributed by atoms with van der Waals surface area (Å²) in [7, 11) is 0. The van der Waals surface area contributed by atoms with E-state index in [9.17, 15) is 4.79 Å². The third kappa shape index (κ3) is 5.72. The lowest BCUT2D eigenvalue weighted by molar-refractivity contribution is -0.118. The molecule has 0 bridgehead atoms. The minimum Gasteiger partial charge on any atom is -0.371 e. The number of rotatable bonds is 5. The SMILES string of the molecule is CC(=O)CC(C)COCO. The van der Waals surface area contributed by atoms with E-state index in [4.69, 9.17) is 9.84 Å². The van der Waals surface area contributed by atoms with Crippen molar-refractivity contribution in [1.82, 2.24) is 0 Å². The summed E-state index contributed by atoms with van der Waals surface area (Å²) in [5, 5.41) is 8.24. The summed E-state index contributed by atoms with van der Waals surface area (Å²) in [6, 6.07) is 0. The molecule has 0 aliphatic carbocycles. The lowest BCUT2D eigenvalue weighted by Gasteiger charge is -2.07. The number of ether oxygens (including phenoxy) is 1. The highest BCUT2D eigenvalue weighted by Crippen LogP contribution is 2.01. The van der Waals surface area contributed by atoms with Gasteiger partial charge in [0.2, 0.25) is 0 Å². The second-order valence-corrected chi connectivity index (χ2v) is 2.51. The molecule has 60 valence electrons. The number of carbonyl (C=O) groups is 1. The van der Waals surface area contributed by atoms with Gasteiger partial charge in [0.1, 0.15) is 12.6 Å². The van der Waals surface area contributed by atoms with E-state index in [2.05, 4.69) is 0 Å². The second kappa shape index (κ2) is 5.38. The van der Waals surface area contributed by atoms with E-state index in [1.54, 1.807) is 6.92 Å². The molecule has 0 saturated heterocycles. The Labute approximate surface area is 61.0 Å². The first kappa shape index (κ1) is 9.59. The number of aliphatic hydroxyl groups is 1. The van der Waals surface area contributed by atoms with Gasteiger partial charge in [0.15, 0.2) is 0 Å². The molecule has 0 radical (unpaired) electrons. The van der Waals surface area contributed by atoms with Crippen molar-refractivity contribution in [2.75, 3.05) is 13.4 Å². The van der Waals surface area contributed by atoms with Gasteiger partial charge < -0.3 is 14.6 Å². The predicted octanol–water partition coefficient (Wildman–Crippen LogP) is 0.568. The number of hydrogen-bond donors (Lipinski definition) is 1. The largest absolute Gasteiger partial charge is 0.371 e. The van der Waals surface area contributed by atoms with Crippen molar-refractivity contribution in [2.24, 2.45) is 5.92 Å². The molecule has 3 heteroatoms. The molecule has 1 unspecified atom stereocenters. The molecule has 1 N–H and O–H groups in total. The predicted molar refractivity (Wildman–Crippen MR) is 37.5 cm³/mol. The fourth-order valence-electron chi connectivity index (χ4n) is 0.804. The molecule has 0 amide bonds. The molecular weight excluding hydrogens is 132 g/mol. The van der Waals surface area contributed by atoms with Gasteiger partial charge in [0.25, 0.3) is 0 Å². The first-order valence-corrected chi connectivity index (χ1v) is 3.35. The van der Waals surface area contributed by atoms with Crippen LogP contribution < -0.4 is 0 Å². The Morgan fingerprint density at radius 3 is 2.70 bits per heavy atom. The molecule has 0 saturated carbocycles. The lowest BCUT2D eigenvalue weighted by Crippen LogP contribution is -2.09. The maximum absolute atomic E-state index is 10.5. The van der Waals surface area contributed by atoms with Crippen molar-refractivity contribution < 1.29 is 14.6 Å². The molecular formula is C7H14O3. The molecule has 0 fully saturated rings. The quantitative estimate of drug-likeness (QED) is 0.577. The Kier molecular flexibility index (Phi) is 5.16. The van der Waals surface area contributed by atoms with Crippen LogP contribution in [0.2, 0.25) is 0 Å². The zero-order valence-corrected chi connectivity index (χ0v) is 6.46. The van der Waals surface area contributed by atoms with Crippen LogP contribution in [0.25, 0.3) is 0 Å². The maximum Gasteiger partial charge on any atom is 0.143 e. The average molecular weight is 146 g/mol. The van der Waals surface area contributed by atoms with E-state index < -0.39 is 0 Å². The van der Waals surface area contributed by atoms with E-state index in [-0.39, 0.29) is 18.5 Å². The van der Waals surface area contributed by atoms with Crippen molar-refractivity contribution in [3.05, 3.63) is 0 Å². The zero-order chi connectivity index (χ0) is 7.98. The average Bonchev–Trinajstić information content (AvgIpc) is 1.82. The Balaban J connectivity index is 3.25. The van der Waals surface area contributed by atoms with Crippen LogP contribution in [0.4, 0.5) is 0 Å². The maximum atomic E-state index is 10.5. The third-order valence-corrected chi connectivity index (χ3v) is 1.13. The van der Waals surface area contributed by atoms with E-state index in [0.29, 0.717) is 13.0 Å². The molecule has 0 heterocycles. The minimum atomic E-state index is -0.262. The smallest absolute Gasteiger partial charge is 0.143 e. The fraction of sp³-hybridized carbons (Fsp3) is 0.857. The van der Waals surface area contributed by atoms with Gasteiger partial charge in [0, 0.05) is 6.42 Å². The summed E-state index contributed by atoms with van der Waals surface area (Å²) in [5.74, 6) is 0.374. The van der Waals surface area contributed by atoms with Gasteiger partial charge in [-0.3, -0.25) is 0 Å². The van der Waals surface area contributed by atoms with Gasteiger partial charge in [0.05, 0.1) is 6.61 Å². The van der Waals surface area contributed by atoms with Crippen LogP contribution in [0.1, 0.15) is 20.3 Å². The monoisotopic (exact) mass is 146 g/mol. The number of aliphatic hydroxyl groups excluding tert-OH is 1. The normalized spacial score (nSPS) is 13.1. The number of ketones is 1. The van der Waals surface area contributed by atoms with Gasteiger partial charge in [-0.1, -0.05) is 6.92 Å². The highest BCUT2D eigenvalue weighted by atomic mass is 16.6. The van der Waals surface area contributed by atoms with E-state index >= 15 is 0 Å². The molecule has 0 rings (SSSR count). The van der Waals surface area contributed by atoms with E-state index in [1.165, 1.54) is 0 Å². The van der Waals surface area contributed by atoms with Crippen LogP contribution >= 0.6 is 0 Å². The van der Waals surface area contributed by atoms with Crippen LogP contribution in [-0.4, -0.2) is 24.3 Å². The summed E-state index contributed by atoms with van der Waals surface area (Å²) in [6.45, 7) is 3.66. The minimum absolute atomic E-state index is 0.161. The Bertz CT molecular complexity index is 101. The van der Waals surface area contributed by atoms with Crippen LogP contribution in [0.5, 0.6) is 0 Å². The molecule has 0 aromatic carbocycles. The van der Waals surface area contributed by atoms with Crippen LogP contribution in [-0.2, 0) is 9.53 Å². The lowest BCUT2D eigenvalue weighted by atomic mass is 10.1. The van der Waals surface area contributed by atoms with Crippen molar-refractivity contribution in [1.29, 1.82) is 0 Å². The number of hydrogen-bond acceptors (Lipinski definition) is 3. The first-order chi connectivity index (χ1) is 4.66. The number of Topliss-reactive ketones (excluding diaryl/α,β-unsaturated/α-hetero) is 1. The Morgan fingerprint density at radius 2 is 2.30 bits per heavy atom. The van der Waals surface area contributed by atoms with Gasteiger partial charge >= 0.3 is 0 Å². The molecule has 0 spiro atoms. The third-order valence-electron chi connectivity index (χ3n) is 1.13. The molecule has 0 aliphatic heterocycles. The topological polar surface area (TPSA) is 46.5 Å². The van der Waals surface area contributed by atoms with Crippen molar-refractivity contribution in [3.63, 3.8) is 0 Å². The van der Waals surface area contributed by atoms with Crippen LogP contribution in [0.15, 0.2) is 0 Å². The highest BCUT2D eigenvalue weighted by molar-refractivity contribution is 5.75. The van der Waals surface area contributed by atoms with Gasteiger partial charge in [-0.15, -0.1) is 0 Å². The summed E-state index contributed by atoms with van der Waals surface area (Å²) < 4.78 is 4.70. The molecule has 10 heavy (non-hydrogen) atoms. The summed E-state index contributed by atoms with van der Waals surface area (Å²) in [6.07, 6.45) is 0.528. The molecule has 3 nitrogen and oxygen atoms in total. The first-order valence-electron chi connectivity index (χ1n) is 3.35. The fourth-order valence-corrected chi connectivity index (χ4v) is 0.804. The van der Waals surface area contributed by atoms with E-state index in [0.717, 1.165) is 0 Å². The van der Waals surface area contributed by atoms with Crippen molar-refractivity contribution >= 4 is 5.78 Å². The zero-order valence-electron chi connectivity index (χ0n) is 6.46. The molecule has 0 aromatic rings. The molecule has 0 aromatic heterocycles. The Hall–Kier alpha value is -0.410. The van der Waals surface area contributed by atoms with E-state index in [1.807, 2.05) is 6.92 Å². The Morgan fingerprint density at radius 1 is 1.70 bits per heavy atom. The summed E-state index contributed by atoms with van der Waals surface area (Å²) in [5.41, 5.74) is 0. The van der Waals surface area contributed by atoms with Crippen molar-refractivity contribution in [2.45, 2.75) is 20.3 Å². The standard InChI is InChI=1S/C7H14O3/c1-6(3-7(2)9)4-10-5-8/h6,8H,3-5H2,1-2H3.